The van der Waals surface area contributed by atoms with Gasteiger partial charge in [-0.05, 0) is 6.07 Å². The molecule has 3 nitrogen and oxygen atoms in total. The van der Waals surface area contributed by atoms with Crippen molar-refractivity contribution in [2.75, 3.05) is 0 Å². The quantitative estimate of drug-likeness (QED) is 0.780. The molecule has 1 N–H and O–H groups in total. The molecule has 1 heterocycles. The molecule has 0 spiro atoms. The molecular formula is C16H12BrNO2. The van der Waals surface area contributed by atoms with Crippen LogP contribution in [0.3, 0.4) is 0 Å². The molecule has 0 aliphatic rings. The van der Waals surface area contributed by atoms with Crippen LogP contribution in [0.1, 0.15) is 5.56 Å². The fourth-order valence-electron chi connectivity index (χ4n) is 2.14. The van der Waals surface area contributed by atoms with E-state index >= 15 is 0 Å². The van der Waals surface area contributed by atoms with Crippen LogP contribution >= 0.6 is 15.9 Å². The number of halogens is 1. The summed E-state index contributed by atoms with van der Waals surface area (Å²) in [7, 11) is 0. The molecule has 0 saturated carbocycles. The molecular weight excluding hydrogens is 318 g/mol. The third-order valence-corrected chi connectivity index (χ3v) is 3.80. The van der Waals surface area contributed by atoms with Gasteiger partial charge < -0.3 is 9.63 Å². The molecule has 0 amide bonds. The van der Waals surface area contributed by atoms with Crippen molar-refractivity contribution in [3.8, 4) is 22.6 Å². The number of nitrogens with zero attached hydrogens (tertiary/aromatic N) is 1. The monoisotopic (exact) mass is 329 g/mol. The average Bonchev–Trinajstić information content (AvgIpc) is 2.92. The summed E-state index contributed by atoms with van der Waals surface area (Å²) in [4.78, 5) is 0. The molecule has 0 unspecified atom stereocenters. The minimum Gasteiger partial charge on any atom is -0.391 e. The summed E-state index contributed by atoms with van der Waals surface area (Å²) in [6.45, 7) is -0.121. The third-order valence-electron chi connectivity index (χ3n) is 3.11. The maximum Gasteiger partial charge on any atom is 0.173 e. The summed E-state index contributed by atoms with van der Waals surface area (Å²) >= 11 is 3.50. The van der Waals surface area contributed by atoms with Gasteiger partial charge in [-0.2, -0.15) is 0 Å². The van der Waals surface area contributed by atoms with E-state index in [-0.39, 0.29) is 6.61 Å². The van der Waals surface area contributed by atoms with Gasteiger partial charge in [0, 0.05) is 15.6 Å². The Morgan fingerprint density at radius 3 is 2.40 bits per heavy atom. The molecule has 2 aromatic carbocycles. The largest absolute Gasteiger partial charge is 0.391 e. The van der Waals surface area contributed by atoms with Crippen molar-refractivity contribution in [1.82, 2.24) is 5.16 Å². The lowest BCUT2D eigenvalue weighted by Crippen LogP contribution is -1.89. The van der Waals surface area contributed by atoms with Crippen LogP contribution in [0.2, 0.25) is 0 Å². The Morgan fingerprint density at radius 1 is 1.00 bits per heavy atom. The summed E-state index contributed by atoms with van der Waals surface area (Å²) < 4.78 is 6.37. The Hall–Kier alpha value is -1.91. The first-order chi connectivity index (χ1) is 9.81. The van der Waals surface area contributed by atoms with Crippen molar-refractivity contribution in [3.05, 3.63) is 64.6 Å². The second-order valence-electron chi connectivity index (χ2n) is 4.34. The molecule has 0 aliphatic carbocycles. The van der Waals surface area contributed by atoms with Gasteiger partial charge in [-0.25, -0.2) is 0 Å². The molecule has 0 bridgehead atoms. The van der Waals surface area contributed by atoms with Crippen molar-refractivity contribution in [2.24, 2.45) is 0 Å². The number of aliphatic hydroxyl groups excluding tert-OH is 1. The first-order valence-corrected chi connectivity index (χ1v) is 7.00. The topological polar surface area (TPSA) is 46.3 Å². The molecule has 0 saturated heterocycles. The zero-order chi connectivity index (χ0) is 13.9. The maximum atomic E-state index is 9.69. The van der Waals surface area contributed by atoms with Crippen molar-refractivity contribution >= 4 is 15.9 Å². The van der Waals surface area contributed by atoms with Crippen LogP contribution in [0, 0.1) is 0 Å². The number of benzene rings is 2. The van der Waals surface area contributed by atoms with E-state index in [0.29, 0.717) is 17.0 Å². The predicted octanol–water partition coefficient (Wildman–Crippen LogP) is 4.26. The van der Waals surface area contributed by atoms with E-state index in [0.717, 1.165) is 15.6 Å². The van der Waals surface area contributed by atoms with E-state index in [9.17, 15) is 5.11 Å². The highest BCUT2D eigenvalue weighted by molar-refractivity contribution is 9.10. The van der Waals surface area contributed by atoms with Crippen molar-refractivity contribution in [1.29, 1.82) is 0 Å². The van der Waals surface area contributed by atoms with Gasteiger partial charge in [-0.15, -0.1) is 0 Å². The van der Waals surface area contributed by atoms with E-state index in [1.807, 2.05) is 54.6 Å². The zero-order valence-corrected chi connectivity index (χ0v) is 12.2. The standard InChI is InChI=1S/C16H12BrNO2/c17-14-9-5-4-8-12(14)15-13(10-19)16(20-18-15)11-6-2-1-3-7-11/h1-9,19H,10H2. The third kappa shape index (κ3) is 2.28. The van der Waals surface area contributed by atoms with E-state index in [1.165, 1.54) is 0 Å². The summed E-state index contributed by atoms with van der Waals surface area (Å²) in [6, 6.07) is 17.4. The van der Waals surface area contributed by atoms with Crippen LogP contribution in [0.15, 0.2) is 63.6 Å². The van der Waals surface area contributed by atoms with Crippen molar-refractivity contribution < 1.29 is 9.63 Å². The van der Waals surface area contributed by atoms with E-state index in [4.69, 9.17) is 4.52 Å². The number of rotatable bonds is 3. The number of hydrogen-bond donors (Lipinski definition) is 1. The van der Waals surface area contributed by atoms with Gasteiger partial charge >= 0.3 is 0 Å². The highest BCUT2D eigenvalue weighted by atomic mass is 79.9. The lowest BCUT2D eigenvalue weighted by Gasteiger charge is -2.03. The lowest BCUT2D eigenvalue weighted by molar-refractivity contribution is 0.281. The Morgan fingerprint density at radius 2 is 1.70 bits per heavy atom. The Labute approximate surface area is 125 Å². The molecule has 0 aliphatic heterocycles. The first-order valence-electron chi connectivity index (χ1n) is 6.21. The zero-order valence-electron chi connectivity index (χ0n) is 10.6. The minimum atomic E-state index is -0.121. The summed E-state index contributed by atoms with van der Waals surface area (Å²) in [6.07, 6.45) is 0. The Bertz CT molecular complexity index is 722. The second-order valence-corrected chi connectivity index (χ2v) is 5.20. The normalized spacial score (nSPS) is 10.7. The fraction of sp³-hybridized carbons (Fsp3) is 0.0625. The van der Waals surface area contributed by atoms with Crippen LogP contribution in [0.5, 0.6) is 0 Å². The van der Waals surface area contributed by atoms with Crippen LogP contribution in [0.4, 0.5) is 0 Å². The Kier molecular flexibility index (Phi) is 3.67. The van der Waals surface area contributed by atoms with Gasteiger partial charge in [0.05, 0.1) is 12.2 Å². The van der Waals surface area contributed by atoms with Gasteiger partial charge in [0.15, 0.2) is 5.76 Å². The number of aliphatic hydroxyl groups is 1. The summed E-state index contributed by atoms with van der Waals surface area (Å²) in [5, 5.41) is 13.8. The molecule has 20 heavy (non-hydrogen) atoms. The van der Waals surface area contributed by atoms with Crippen LogP contribution in [-0.2, 0) is 6.61 Å². The van der Waals surface area contributed by atoms with Gasteiger partial charge in [0.25, 0.3) is 0 Å². The highest BCUT2D eigenvalue weighted by Gasteiger charge is 2.19. The summed E-state index contributed by atoms with van der Waals surface area (Å²) in [5.41, 5.74) is 3.17. The van der Waals surface area contributed by atoms with Crippen LogP contribution in [-0.4, -0.2) is 10.3 Å². The van der Waals surface area contributed by atoms with Crippen LogP contribution in [0.25, 0.3) is 22.6 Å². The first kappa shape index (κ1) is 13.1. The molecule has 3 aromatic rings. The van der Waals surface area contributed by atoms with Crippen molar-refractivity contribution in [2.45, 2.75) is 6.61 Å². The molecule has 4 heteroatoms. The molecule has 1 aromatic heterocycles. The molecule has 0 radical (unpaired) electrons. The molecule has 0 atom stereocenters. The SMILES string of the molecule is OCc1c(-c2ccccc2Br)noc1-c1ccccc1. The molecule has 3 rings (SSSR count). The Balaban J connectivity index is 2.16. The van der Waals surface area contributed by atoms with E-state index in [2.05, 4.69) is 21.1 Å². The predicted molar refractivity (Wildman–Crippen MR) is 81.0 cm³/mol. The molecule has 0 fully saturated rings. The smallest absolute Gasteiger partial charge is 0.173 e. The van der Waals surface area contributed by atoms with Crippen molar-refractivity contribution in [3.63, 3.8) is 0 Å². The van der Waals surface area contributed by atoms with E-state index < -0.39 is 0 Å². The fourth-order valence-corrected chi connectivity index (χ4v) is 2.61. The van der Waals surface area contributed by atoms with Gasteiger partial charge in [0.1, 0.15) is 5.69 Å². The van der Waals surface area contributed by atoms with Gasteiger partial charge in [0.2, 0.25) is 0 Å². The lowest BCUT2D eigenvalue weighted by atomic mass is 10.0. The second kappa shape index (κ2) is 5.61. The van der Waals surface area contributed by atoms with Gasteiger partial charge in [-0.3, -0.25) is 0 Å². The number of hydrogen-bond acceptors (Lipinski definition) is 3. The maximum absolute atomic E-state index is 9.69. The number of aromatic nitrogens is 1. The summed E-state index contributed by atoms with van der Waals surface area (Å²) in [5.74, 6) is 0.610. The van der Waals surface area contributed by atoms with Crippen LogP contribution < -0.4 is 0 Å². The molecule has 100 valence electrons. The van der Waals surface area contributed by atoms with E-state index in [1.54, 1.807) is 0 Å². The van der Waals surface area contributed by atoms with Gasteiger partial charge in [-0.1, -0.05) is 69.6 Å². The minimum absolute atomic E-state index is 0.121. The highest BCUT2D eigenvalue weighted by Crippen LogP contribution is 2.35. The average molecular weight is 330 g/mol.